The van der Waals surface area contributed by atoms with Crippen molar-refractivity contribution in [2.24, 2.45) is 10.6 Å². The third-order valence-corrected chi connectivity index (χ3v) is 2.95. The van der Waals surface area contributed by atoms with Crippen molar-refractivity contribution in [2.75, 3.05) is 0 Å². The Morgan fingerprint density at radius 3 is 1.64 bits per heavy atom. The van der Waals surface area contributed by atoms with Gasteiger partial charge in [-0.2, -0.15) is 0 Å². The first-order valence-corrected chi connectivity index (χ1v) is 4.36. The molecule has 0 bridgehead atoms. The summed E-state index contributed by atoms with van der Waals surface area (Å²) in [6.45, 7) is 8.32. The molecule has 2 heteroatoms. The molecule has 1 N–H and O–H groups in total. The normalized spacial score (nSPS) is 13.6. The minimum absolute atomic E-state index is 0.134. The fourth-order valence-electron chi connectivity index (χ4n) is 1.62. The predicted octanol–water partition coefficient (Wildman–Crippen LogP) is 3.05. The molecule has 0 amide bonds. The van der Waals surface area contributed by atoms with Gasteiger partial charge in [0, 0.05) is 5.41 Å². The number of rotatable bonds is 4. The highest BCUT2D eigenvalue weighted by atomic mass is 16.4. The highest BCUT2D eigenvalue weighted by Gasteiger charge is 2.27. The van der Waals surface area contributed by atoms with E-state index in [0.717, 1.165) is 25.0 Å². The first-order chi connectivity index (χ1) is 5.16. The maximum absolute atomic E-state index is 8.65. The van der Waals surface area contributed by atoms with E-state index < -0.39 is 0 Å². The summed E-state index contributed by atoms with van der Waals surface area (Å²) >= 11 is 0. The van der Waals surface area contributed by atoms with Crippen LogP contribution in [0.4, 0.5) is 0 Å². The van der Waals surface area contributed by atoms with Crippen molar-refractivity contribution in [1.29, 1.82) is 0 Å². The molecule has 66 valence electrons. The van der Waals surface area contributed by atoms with Crippen LogP contribution in [0.5, 0.6) is 0 Å². The van der Waals surface area contributed by atoms with Crippen molar-refractivity contribution in [1.82, 2.24) is 0 Å². The summed E-state index contributed by atoms with van der Waals surface area (Å²) in [5.74, 6) is 0. The van der Waals surface area contributed by atoms with E-state index in [1.54, 1.807) is 0 Å². The van der Waals surface area contributed by atoms with Crippen LogP contribution in [0.3, 0.4) is 0 Å². The van der Waals surface area contributed by atoms with Crippen LogP contribution in [0.25, 0.3) is 0 Å². The average Bonchev–Trinajstić information content (AvgIpc) is 2.08. The summed E-state index contributed by atoms with van der Waals surface area (Å²) in [6, 6.07) is 0. The minimum Gasteiger partial charge on any atom is -0.411 e. The quantitative estimate of drug-likeness (QED) is 0.379. The monoisotopic (exact) mass is 157 g/mol. The smallest absolute Gasteiger partial charge is 0.0601 e. The Kier molecular flexibility index (Phi) is 4.16. The van der Waals surface area contributed by atoms with Gasteiger partial charge in [-0.3, -0.25) is 0 Å². The summed E-state index contributed by atoms with van der Waals surface area (Å²) in [5, 5.41) is 11.9. The van der Waals surface area contributed by atoms with E-state index in [0.29, 0.717) is 0 Å². The van der Waals surface area contributed by atoms with E-state index in [1.807, 2.05) is 6.92 Å². The van der Waals surface area contributed by atoms with E-state index >= 15 is 0 Å². The summed E-state index contributed by atoms with van der Waals surface area (Å²) in [7, 11) is 0. The molecular weight excluding hydrogens is 138 g/mol. The second-order valence-electron chi connectivity index (χ2n) is 3.03. The zero-order valence-corrected chi connectivity index (χ0v) is 8.02. The molecule has 0 aromatic heterocycles. The molecule has 0 fully saturated rings. The van der Waals surface area contributed by atoms with Crippen molar-refractivity contribution in [2.45, 2.75) is 47.0 Å². The van der Waals surface area contributed by atoms with E-state index in [4.69, 9.17) is 5.21 Å². The molecule has 0 aliphatic carbocycles. The highest BCUT2D eigenvalue weighted by Crippen LogP contribution is 2.31. The fourth-order valence-corrected chi connectivity index (χ4v) is 1.62. The molecule has 0 atom stereocenters. The van der Waals surface area contributed by atoms with Crippen LogP contribution < -0.4 is 0 Å². The van der Waals surface area contributed by atoms with Gasteiger partial charge in [0.15, 0.2) is 0 Å². The summed E-state index contributed by atoms with van der Waals surface area (Å²) in [4.78, 5) is 0. The van der Waals surface area contributed by atoms with Crippen LogP contribution in [0.1, 0.15) is 47.0 Å². The molecule has 0 saturated carbocycles. The molecule has 0 rings (SSSR count). The minimum atomic E-state index is 0.134. The van der Waals surface area contributed by atoms with Crippen molar-refractivity contribution in [3.63, 3.8) is 0 Å². The number of hydrogen-bond acceptors (Lipinski definition) is 2. The Balaban J connectivity index is 4.54. The van der Waals surface area contributed by atoms with Gasteiger partial charge in [0.05, 0.1) is 5.71 Å². The standard InChI is InChI=1S/C9H19NO/c1-5-9(6-2,7-3)8(4)10-11/h11H,5-7H2,1-4H3/b10-8+. The van der Waals surface area contributed by atoms with E-state index in [9.17, 15) is 0 Å². The first-order valence-electron chi connectivity index (χ1n) is 4.36. The molecule has 0 aromatic carbocycles. The van der Waals surface area contributed by atoms with Gasteiger partial charge in [0.2, 0.25) is 0 Å². The molecule has 0 spiro atoms. The maximum Gasteiger partial charge on any atom is 0.0601 e. The number of hydrogen-bond donors (Lipinski definition) is 1. The van der Waals surface area contributed by atoms with Gasteiger partial charge in [0.25, 0.3) is 0 Å². The Morgan fingerprint density at radius 2 is 1.55 bits per heavy atom. The fraction of sp³-hybridized carbons (Fsp3) is 0.889. The highest BCUT2D eigenvalue weighted by molar-refractivity contribution is 5.87. The SMILES string of the molecule is CCC(CC)(CC)/C(C)=N/O. The van der Waals surface area contributed by atoms with Crippen LogP contribution in [0, 0.1) is 5.41 Å². The van der Waals surface area contributed by atoms with E-state index in [2.05, 4.69) is 25.9 Å². The molecule has 0 aliphatic rings. The predicted molar refractivity (Wildman–Crippen MR) is 48.2 cm³/mol. The molecular formula is C9H19NO. The summed E-state index contributed by atoms with van der Waals surface area (Å²) in [6.07, 6.45) is 3.15. The Hall–Kier alpha value is -0.530. The zero-order valence-electron chi connectivity index (χ0n) is 8.02. The topological polar surface area (TPSA) is 32.6 Å². The largest absolute Gasteiger partial charge is 0.411 e. The zero-order chi connectivity index (χ0) is 8.91. The van der Waals surface area contributed by atoms with Gasteiger partial charge < -0.3 is 5.21 Å². The Morgan fingerprint density at radius 1 is 1.18 bits per heavy atom. The third-order valence-electron chi connectivity index (χ3n) is 2.95. The molecule has 2 nitrogen and oxygen atoms in total. The van der Waals surface area contributed by atoms with Gasteiger partial charge in [0.1, 0.15) is 0 Å². The Bertz CT molecular complexity index is 128. The van der Waals surface area contributed by atoms with Crippen molar-refractivity contribution in [3.8, 4) is 0 Å². The molecule has 0 aliphatic heterocycles. The number of oxime groups is 1. The number of nitrogens with zero attached hydrogens (tertiary/aromatic N) is 1. The molecule has 0 saturated heterocycles. The van der Waals surface area contributed by atoms with Gasteiger partial charge in [-0.15, -0.1) is 0 Å². The van der Waals surface area contributed by atoms with Crippen LogP contribution >= 0.6 is 0 Å². The second kappa shape index (κ2) is 4.37. The molecule has 0 radical (unpaired) electrons. The van der Waals surface area contributed by atoms with Crippen LogP contribution in [-0.2, 0) is 0 Å². The molecule has 0 unspecified atom stereocenters. The summed E-state index contributed by atoms with van der Waals surface area (Å²) in [5.41, 5.74) is 0.999. The average molecular weight is 157 g/mol. The van der Waals surface area contributed by atoms with Gasteiger partial charge in [-0.05, 0) is 26.2 Å². The Labute approximate surface area is 69.3 Å². The molecule has 0 aromatic rings. The van der Waals surface area contributed by atoms with Gasteiger partial charge >= 0.3 is 0 Å². The van der Waals surface area contributed by atoms with E-state index in [-0.39, 0.29) is 5.41 Å². The lowest BCUT2D eigenvalue weighted by molar-refractivity contribution is 0.293. The van der Waals surface area contributed by atoms with Crippen molar-refractivity contribution >= 4 is 5.71 Å². The van der Waals surface area contributed by atoms with Crippen LogP contribution in [-0.4, -0.2) is 10.9 Å². The second-order valence-corrected chi connectivity index (χ2v) is 3.03. The van der Waals surface area contributed by atoms with Gasteiger partial charge in [-0.1, -0.05) is 25.9 Å². The lowest BCUT2D eigenvalue weighted by Crippen LogP contribution is -2.26. The third kappa shape index (κ3) is 1.95. The molecule has 11 heavy (non-hydrogen) atoms. The molecule has 0 heterocycles. The van der Waals surface area contributed by atoms with Gasteiger partial charge in [-0.25, -0.2) is 0 Å². The van der Waals surface area contributed by atoms with E-state index in [1.165, 1.54) is 0 Å². The first kappa shape index (κ1) is 10.5. The van der Waals surface area contributed by atoms with Crippen LogP contribution in [0.2, 0.25) is 0 Å². The lowest BCUT2D eigenvalue weighted by atomic mass is 9.76. The van der Waals surface area contributed by atoms with Crippen LogP contribution in [0.15, 0.2) is 5.16 Å². The maximum atomic E-state index is 8.65. The lowest BCUT2D eigenvalue weighted by Gasteiger charge is -2.29. The van der Waals surface area contributed by atoms with Crippen molar-refractivity contribution < 1.29 is 5.21 Å². The summed E-state index contributed by atoms with van der Waals surface area (Å²) < 4.78 is 0. The van der Waals surface area contributed by atoms with Crippen molar-refractivity contribution in [3.05, 3.63) is 0 Å².